The summed E-state index contributed by atoms with van der Waals surface area (Å²) in [5, 5.41) is 8.31. The number of benzene rings is 2. The monoisotopic (exact) mass is 592 g/mol. The van der Waals surface area contributed by atoms with Gasteiger partial charge in [-0.2, -0.15) is 0 Å². The topological polar surface area (TPSA) is 97.4 Å². The number of rotatable bonds is 9. The third-order valence-electron chi connectivity index (χ3n) is 8.54. The first-order valence-electron chi connectivity index (χ1n) is 14.8. The second-order valence-corrected chi connectivity index (χ2v) is 13.4. The van der Waals surface area contributed by atoms with E-state index in [1.807, 2.05) is 0 Å². The molecule has 42 heavy (non-hydrogen) atoms. The Balaban J connectivity index is 1.16. The second-order valence-electron chi connectivity index (χ2n) is 11.4. The van der Waals surface area contributed by atoms with Crippen LogP contribution in [0.15, 0.2) is 47.4 Å². The normalized spacial score (nSPS) is 22.8. The number of aromatic nitrogens is 1. The number of nitrogens with zero attached hydrogens (tertiary/aromatic N) is 2. The van der Waals surface area contributed by atoms with E-state index in [0.29, 0.717) is 30.1 Å². The molecule has 1 saturated carbocycles. The number of ether oxygens (including phenoxy) is 3. The van der Waals surface area contributed by atoms with Gasteiger partial charge in [0.05, 0.1) is 67.9 Å². The Kier molecular flexibility index (Phi) is 8.63. The van der Waals surface area contributed by atoms with E-state index in [1.165, 1.54) is 50.5 Å². The zero-order chi connectivity index (χ0) is 29.1. The summed E-state index contributed by atoms with van der Waals surface area (Å²) in [6.45, 7) is 5.77. The van der Waals surface area contributed by atoms with Crippen molar-refractivity contribution in [1.29, 1.82) is 0 Å². The molecule has 2 aliphatic heterocycles. The molecule has 1 aliphatic carbocycles. The van der Waals surface area contributed by atoms with E-state index in [1.54, 1.807) is 12.1 Å². The highest BCUT2D eigenvalue weighted by molar-refractivity contribution is 7.90. The molecule has 1 unspecified atom stereocenters. The quantitative estimate of drug-likeness (QED) is 0.285. The molecule has 6 rings (SSSR count). The molecule has 10 heteroatoms. The molecule has 2 aromatic carbocycles. The number of hydrogen-bond acceptors (Lipinski definition) is 8. The standard InChI is InChI=1S/C32H40N4O5S/c1-39-32-20-27(42(2,37)38)12-13-30(32)33-14-4-5-25-19-28-29(6-3-7-31(28)36(25)21-26-22-41-26)34-23-8-10-24(11-9-23)35-15-17-40-18-16-35/h3,6-7,12-13,19-20,23-24,26,33-34H,8-11,14-18,21-22H2,1-2H3. The summed E-state index contributed by atoms with van der Waals surface area (Å²) in [7, 11) is -1.79. The minimum Gasteiger partial charge on any atom is -0.495 e. The van der Waals surface area contributed by atoms with Crippen molar-refractivity contribution in [3.63, 3.8) is 0 Å². The van der Waals surface area contributed by atoms with Crippen LogP contribution in [0.2, 0.25) is 0 Å². The van der Waals surface area contributed by atoms with Crippen LogP contribution in [0.25, 0.3) is 10.9 Å². The maximum absolute atomic E-state index is 11.9. The van der Waals surface area contributed by atoms with E-state index < -0.39 is 9.84 Å². The largest absolute Gasteiger partial charge is 0.495 e. The van der Waals surface area contributed by atoms with E-state index in [2.05, 4.69) is 56.2 Å². The average Bonchev–Trinajstić information content (AvgIpc) is 3.76. The van der Waals surface area contributed by atoms with E-state index in [-0.39, 0.29) is 11.0 Å². The van der Waals surface area contributed by atoms with Gasteiger partial charge in [0.25, 0.3) is 0 Å². The highest BCUT2D eigenvalue weighted by Crippen LogP contribution is 2.32. The predicted molar refractivity (Wildman–Crippen MR) is 165 cm³/mol. The fraction of sp³-hybridized carbons (Fsp3) is 0.500. The summed E-state index contributed by atoms with van der Waals surface area (Å²) in [6, 6.07) is 14.6. The molecule has 224 valence electrons. The van der Waals surface area contributed by atoms with Crippen LogP contribution in [-0.4, -0.2) is 88.9 Å². The molecule has 9 nitrogen and oxygen atoms in total. The number of morpholine rings is 1. The van der Waals surface area contributed by atoms with Gasteiger partial charge >= 0.3 is 0 Å². The molecule has 2 saturated heterocycles. The van der Waals surface area contributed by atoms with E-state index in [4.69, 9.17) is 14.2 Å². The Morgan fingerprint density at radius 1 is 1.05 bits per heavy atom. The van der Waals surface area contributed by atoms with Crippen molar-refractivity contribution >= 4 is 32.1 Å². The number of hydrogen-bond donors (Lipinski definition) is 2. The number of anilines is 2. The first kappa shape index (κ1) is 28.9. The predicted octanol–water partition coefficient (Wildman–Crippen LogP) is 3.97. The molecule has 3 aromatic rings. The summed E-state index contributed by atoms with van der Waals surface area (Å²) in [6.07, 6.45) is 6.19. The van der Waals surface area contributed by atoms with Crippen LogP contribution in [-0.2, 0) is 25.9 Å². The Hall–Kier alpha value is -3.23. The Morgan fingerprint density at radius 2 is 1.83 bits per heavy atom. The van der Waals surface area contributed by atoms with Gasteiger partial charge in [-0.3, -0.25) is 4.90 Å². The van der Waals surface area contributed by atoms with Crippen molar-refractivity contribution in [2.45, 2.75) is 55.3 Å². The van der Waals surface area contributed by atoms with Crippen molar-refractivity contribution in [1.82, 2.24) is 9.47 Å². The van der Waals surface area contributed by atoms with Crippen LogP contribution >= 0.6 is 0 Å². The molecule has 2 N–H and O–H groups in total. The molecule has 0 radical (unpaired) electrons. The molecular weight excluding hydrogens is 552 g/mol. The Bertz CT molecular complexity index is 1570. The first-order chi connectivity index (χ1) is 20.4. The van der Waals surface area contributed by atoms with Crippen molar-refractivity contribution in [2.24, 2.45) is 0 Å². The number of sulfone groups is 1. The summed E-state index contributed by atoms with van der Waals surface area (Å²) in [5.74, 6) is 7.08. The number of epoxide rings is 1. The molecule has 0 amide bonds. The van der Waals surface area contributed by atoms with Crippen LogP contribution in [0.1, 0.15) is 31.4 Å². The third kappa shape index (κ3) is 6.70. The van der Waals surface area contributed by atoms with Gasteiger partial charge in [-0.1, -0.05) is 12.0 Å². The first-order valence-corrected chi connectivity index (χ1v) is 16.7. The van der Waals surface area contributed by atoms with Crippen LogP contribution in [0.3, 0.4) is 0 Å². The molecule has 3 aliphatic rings. The number of fused-ring (bicyclic) bond motifs is 1. The SMILES string of the molecule is COc1cc(S(C)(=O)=O)ccc1NCC#Cc1cc2c(NC3CCC(N4CCOCC4)CC3)cccc2n1CC1CO1. The van der Waals surface area contributed by atoms with Crippen LogP contribution in [0, 0.1) is 11.8 Å². The van der Waals surface area contributed by atoms with Gasteiger partial charge < -0.3 is 29.4 Å². The Labute approximate surface area is 248 Å². The minimum atomic E-state index is -3.32. The highest BCUT2D eigenvalue weighted by atomic mass is 32.2. The molecule has 0 spiro atoms. The molecule has 1 atom stereocenters. The van der Waals surface area contributed by atoms with Gasteiger partial charge in [-0.25, -0.2) is 8.42 Å². The molecular formula is C32H40N4O5S. The van der Waals surface area contributed by atoms with Crippen molar-refractivity contribution in [3.05, 3.63) is 48.2 Å². The fourth-order valence-electron chi connectivity index (χ4n) is 6.16. The Morgan fingerprint density at radius 3 is 2.55 bits per heavy atom. The smallest absolute Gasteiger partial charge is 0.175 e. The van der Waals surface area contributed by atoms with Gasteiger partial charge in [0.15, 0.2) is 9.84 Å². The fourth-order valence-corrected chi connectivity index (χ4v) is 6.79. The average molecular weight is 593 g/mol. The molecule has 3 fully saturated rings. The lowest BCUT2D eigenvalue weighted by Crippen LogP contribution is -2.46. The van der Waals surface area contributed by atoms with Crippen LogP contribution in [0.5, 0.6) is 5.75 Å². The van der Waals surface area contributed by atoms with Gasteiger partial charge in [-0.05, 0) is 61.9 Å². The summed E-state index contributed by atoms with van der Waals surface area (Å²) < 4.78 is 42.6. The summed E-state index contributed by atoms with van der Waals surface area (Å²) in [4.78, 5) is 2.83. The summed E-state index contributed by atoms with van der Waals surface area (Å²) in [5.41, 5.74) is 3.97. The second kappa shape index (κ2) is 12.6. The van der Waals surface area contributed by atoms with Crippen LogP contribution in [0.4, 0.5) is 11.4 Å². The minimum absolute atomic E-state index is 0.220. The van der Waals surface area contributed by atoms with E-state index in [9.17, 15) is 8.42 Å². The maximum atomic E-state index is 11.9. The van der Waals surface area contributed by atoms with Crippen molar-refractivity contribution in [3.8, 4) is 17.6 Å². The molecule has 0 bridgehead atoms. The van der Waals surface area contributed by atoms with Gasteiger partial charge in [-0.15, -0.1) is 0 Å². The number of nitrogens with one attached hydrogen (secondary N) is 2. The van der Waals surface area contributed by atoms with Gasteiger partial charge in [0.1, 0.15) is 5.75 Å². The van der Waals surface area contributed by atoms with Gasteiger partial charge in [0.2, 0.25) is 0 Å². The van der Waals surface area contributed by atoms with Crippen LogP contribution < -0.4 is 15.4 Å². The molecule has 3 heterocycles. The lowest BCUT2D eigenvalue weighted by Gasteiger charge is -2.39. The summed E-state index contributed by atoms with van der Waals surface area (Å²) >= 11 is 0. The zero-order valence-electron chi connectivity index (χ0n) is 24.4. The zero-order valence-corrected chi connectivity index (χ0v) is 25.2. The van der Waals surface area contributed by atoms with E-state index in [0.717, 1.165) is 56.4 Å². The van der Waals surface area contributed by atoms with E-state index >= 15 is 0 Å². The lowest BCUT2D eigenvalue weighted by atomic mass is 9.89. The number of methoxy groups -OCH3 is 1. The lowest BCUT2D eigenvalue weighted by molar-refractivity contribution is 0.00791. The highest BCUT2D eigenvalue weighted by Gasteiger charge is 2.28. The maximum Gasteiger partial charge on any atom is 0.175 e. The third-order valence-corrected chi connectivity index (χ3v) is 9.65. The molecule has 1 aromatic heterocycles. The van der Waals surface area contributed by atoms with Crippen molar-refractivity contribution < 1.29 is 22.6 Å². The van der Waals surface area contributed by atoms with Gasteiger partial charge in [0, 0.05) is 48.6 Å². The van der Waals surface area contributed by atoms with Crippen molar-refractivity contribution in [2.75, 3.05) is 63.5 Å².